The molecule has 37 heavy (non-hydrogen) atoms. The maximum absolute atomic E-state index is 14.2. The van der Waals surface area contributed by atoms with Gasteiger partial charge in [0.05, 0.1) is 11.6 Å². The average Bonchev–Trinajstić information content (AvgIpc) is 3.21. The number of hydrogen-bond acceptors (Lipinski definition) is 4. The molecular weight excluding hydrogens is 481 g/mol. The van der Waals surface area contributed by atoms with Gasteiger partial charge in [-0.15, -0.1) is 0 Å². The molecule has 0 radical (unpaired) electrons. The van der Waals surface area contributed by atoms with E-state index < -0.39 is 5.92 Å². The van der Waals surface area contributed by atoms with E-state index in [9.17, 15) is 18.0 Å². The third-order valence-corrected chi connectivity index (χ3v) is 9.50. The summed E-state index contributed by atoms with van der Waals surface area (Å²) in [4.78, 5) is 21.3. The van der Waals surface area contributed by atoms with Crippen molar-refractivity contribution in [3.05, 3.63) is 46.8 Å². The summed E-state index contributed by atoms with van der Waals surface area (Å²) < 4.78 is 40.5. The van der Waals surface area contributed by atoms with E-state index in [0.29, 0.717) is 29.3 Å². The van der Waals surface area contributed by atoms with Crippen LogP contribution in [0.2, 0.25) is 0 Å². The molecule has 2 spiro atoms. The smallest absolute Gasteiger partial charge is 0.320 e. The summed E-state index contributed by atoms with van der Waals surface area (Å²) in [7, 11) is 0. The van der Waals surface area contributed by atoms with Crippen molar-refractivity contribution in [2.24, 2.45) is 16.7 Å². The normalized spacial score (nSPS) is 25.6. The van der Waals surface area contributed by atoms with Crippen LogP contribution >= 0.6 is 0 Å². The van der Waals surface area contributed by atoms with Crippen LogP contribution in [0.15, 0.2) is 18.2 Å². The van der Waals surface area contributed by atoms with Gasteiger partial charge in [-0.05, 0) is 55.7 Å². The van der Waals surface area contributed by atoms with E-state index in [1.165, 1.54) is 6.07 Å². The fraction of sp³-hybridized carbons (Fsp3) is 0.630. The minimum absolute atomic E-state index is 0.118. The number of amides is 2. The van der Waals surface area contributed by atoms with Crippen LogP contribution in [0.25, 0.3) is 0 Å². The molecule has 1 aromatic heterocycles. The Kier molecular flexibility index (Phi) is 4.81. The number of aromatic amines is 1. The number of alkyl halides is 2. The lowest BCUT2D eigenvalue weighted by Gasteiger charge is -2.63. The van der Waals surface area contributed by atoms with Crippen molar-refractivity contribution in [3.63, 3.8) is 0 Å². The lowest BCUT2D eigenvalue weighted by atomic mass is 9.56. The second kappa shape index (κ2) is 7.71. The van der Waals surface area contributed by atoms with Gasteiger partial charge in [0.2, 0.25) is 5.92 Å². The van der Waals surface area contributed by atoms with Crippen LogP contribution in [0.4, 0.5) is 18.0 Å². The molecule has 10 heteroatoms. The molecule has 1 aromatic carbocycles. The molecule has 3 aliphatic carbocycles. The van der Waals surface area contributed by atoms with E-state index in [2.05, 4.69) is 15.2 Å². The number of hydrogen-bond donors (Lipinski definition) is 1. The van der Waals surface area contributed by atoms with Crippen molar-refractivity contribution >= 4 is 6.03 Å². The summed E-state index contributed by atoms with van der Waals surface area (Å²) in [5, 5.41) is 16.1. The molecule has 3 heterocycles. The highest BCUT2D eigenvalue weighted by atomic mass is 19.3. The first kappa shape index (κ1) is 23.1. The molecule has 0 atom stereocenters. The number of nitrogens with one attached hydrogen (secondary N) is 1. The highest BCUT2D eigenvalue weighted by molar-refractivity contribution is 5.77. The molecule has 7 rings (SSSR count). The lowest BCUT2D eigenvalue weighted by Crippen LogP contribution is -2.71. The molecule has 7 nitrogen and oxygen atoms in total. The maximum Gasteiger partial charge on any atom is 0.320 e. The number of likely N-dealkylation sites (tertiary alicyclic amines) is 2. The van der Waals surface area contributed by atoms with Crippen molar-refractivity contribution in [2.75, 3.05) is 26.2 Å². The van der Waals surface area contributed by atoms with Crippen LogP contribution in [-0.2, 0) is 6.42 Å². The largest absolute Gasteiger partial charge is 0.323 e. The first-order chi connectivity index (χ1) is 17.6. The predicted octanol–water partition coefficient (Wildman–Crippen LogP) is 4.58. The van der Waals surface area contributed by atoms with Gasteiger partial charge in [0, 0.05) is 61.7 Å². The van der Waals surface area contributed by atoms with Crippen LogP contribution in [0.3, 0.4) is 0 Å². The van der Waals surface area contributed by atoms with Crippen molar-refractivity contribution in [1.29, 1.82) is 5.26 Å². The minimum Gasteiger partial charge on any atom is -0.323 e. The molecule has 5 aliphatic rings. The summed E-state index contributed by atoms with van der Waals surface area (Å²) in [5.41, 5.74) is 1.36. The SMILES string of the molecule is N#Cc1ccc(CC2CC3(C2)CN(C(=O)N2CC4(CC(c5n[nH]c(C6CC(F)(F)C6)n5)C4)C2)C3)c(F)c1. The molecular formula is C27H29F3N6O. The van der Waals surface area contributed by atoms with Crippen molar-refractivity contribution in [1.82, 2.24) is 25.0 Å². The molecule has 0 bridgehead atoms. The van der Waals surface area contributed by atoms with Gasteiger partial charge in [-0.1, -0.05) is 6.07 Å². The second-order valence-corrected chi connectivity index (χ2v) is 12.5. The number of benzene rings is 1. The highest BCUT2D eigenvalue weighted by Crippen LogP contribution is 2.57. The Morgan fingerprint density at radius 3 is 2.27 bits per heavy atom. The van der Waals surface area contributed by atoms with E-state index in [4.69, 9.17) is 5.26 Å². The highest BCUT2D eigenvalue weighted by Gasteiger charge is 2.59. The number of halogens is 3. The van der Waals surface area contributed by atoms with Crippen LogP contribution in [0.5, 0.6) is 0 Å². The number of rotatable bonds is 4. The fourth-order valence-electron chi connectivity index (χ4n) is 7.59. The number of H-pyrrole nitrogens is 1. The number of carbonyl (C=O) groups excluding carboxylic acids is 1. The number of urea groups is 1. The van der Waals surface area contributed by atoms with Gasteiger partial charge >= 0.3 is 6.03 Å². The topological polar surface area (TPSA) is 88.9 Å². The predicted molar refractivity (Wildman–Crippen MR) is 126 cm³/mol. The summed E-state index contributed by atoms with van der Waals surface area (Å²) in [6.07, 6.45) is 4.28. The molecule has 2 saturated heterocycles. The van der Waals surface area contributed by atoms with E-state index >= 15 is 0 Å². The van der Waals surface area contributed by atoms with Crippen molar-refractivity contribution in [2.45, 2.75) is 62.7 Å². The zero-order valence-corrected chi connectivity index (χ0v) is 20.5. The number of nitriles is 1. The zero-order valence-electron chi connectivity index (χ0n) is 20.5. The van der Waals surface area contributed by atoms with Crippen LogP contribution in [0, 0.1) is 33.9 Å². The maximum atomic E-state index is 14.2. The Balaban J connectivity index is 0.841. The first-order valence-electron chi connectivity index (χ1n) is 13.2. The molecule has 1 N–H and O–H groups in total. The van der Waals surface area contributed by atoms with Gasteiger partial charge < -0.3 is 9.80 Å². The Bertz CT molecular complexity index is 1280. The summed E-state index contributed by atoms with van der Waals surface area (Å²) >= 11 is 0. The Labute approximate surface area is 213 Å². The van der Waals surface area contributed by atoms with Gasteiger partial charge in [-0.3, -0.25) is 5.10 Å². The second-order valence-electron chi connectivity index (χ2n) is 12.5. The summed E-state index contributed by atoms with van der Waals surface area (Å²) in [6, 6.07) is 6.78. The Morgan fingerprint density at radius 2 is 1.68 bits per heavy atom. The van der Waals surface area contributed by atoms with E-state index in [0.717, 1.165) is 57.7 Å². The Hall–Kier alpha value is -3.09. The molecule has 5 fully saturated rings. The van der Waals surface area contributed by atoms with Crippen LogP contribution in [0.1, 0.15) is 73.1 Å². The van der Waals surface area contributed by atoms with Crippen molar-refractivity contribution < 1.29 is 18.0 Å². The van der Waals surface area contributed by atoms with Gasteiger partial charge in [-0.25, -0.2) is 22.9 Å². The first-order valence-corrected chi connectivity index (χ1v) is 13.2. The number of aromatic nitrogens is 3. The third-order valence-electron chi connectivity index (χ3n) is 9.50. The van der Waals surface area contributed by atoms with Gasteiger partial charge in [0.25, 0.3) is 0 Å². The van der Waals surface area contributed by atoms with Gasteiger partial charge in [0.1, 0.15) is 11.6 Å². The van der Waals surface area contributed by atoms with Crippen LogP contribution in [-0.4, -0.2) is 63.1 Å². The molecule has 2 amide bonds. The number of carbonyl (C=O) groups is 1. The minimum atomic E-state index is -2.57. The van der Waals surface area contributed by atoms with E-state index in [1.54, 1.807) is 12.1 Å². The van der Waals surface area contributed by atoms with E-state index in [-0.39, 0.29) is 47.4 Å². The lowest BCUT2D eigenvalue weighted by molar-refractivity contribution is -0.100. The molecule has 2 aliphatic heterocycles. The van der Waals surface area contributed by atoms with E-state index in [1.807, 2.05) is 15.9 Å². The Morgan fingerprint density at radius 1 is 1.03 bits per heavy atom. The molecule has 2 aromatic rings. The van der Waals surface area contributed by atoms with Gasteiger partial charge in [0.15, 0.2) is 5.82 Å². The number of nitrogens with zero attached hydrogens (tertiary/aromatic N) is 5. The fourth-order valence-corrected chi connectivity index (χ4v) is 7.59. The average molecular weight is 511 g/mol. The summed E-state index contributed by atoms with van der Waals surface area (Å²) in [6.45, 7) is 3.09. The van der Waals surface area contributed by atoms with Crippen molar-refractivity contribution in [3.8, 4) is 6.07 Å². The van der Waals surface area contributed by atoms with Gasteiger partial charge in [-0.2, -0.15) is 10.4 Å². The zero-order chi connectivity index (χ0) is 25.6. The molecule has 0 unspecified atom stereocenters. The molecule has 194 valence electrons. The summed E-state index contributed by atoms with van der Waals surface area (Å²) in [5.74, 6) is -1.11. The van der Waals surface area contributed by atoms with Crippen LogP contribution < -0.4 is 0 Å². The monoisotopic (exact) mass is 510 g/mol. The third kappa shape index (κ3) is 3.80. The quantitative estimate of drug-likeness (QED) is 0.652. The molecule has 3 saturated carbocycles. The standard InChI is InChI=1S/C27H29F3N6O/c28-21-4-16(11-31)1-2-18(21)3-17-5-25(6-17)12-35(13-25)24(37)36-14-26(15-36)7-19(8-26)22-32-23(34-33-22)20-9-27(29,30)10-20/h1-2,4,17,19-20H,3,5-10,12-15H2,(H,32,33,34).